The first kappa shape index (κ1) is 11.8. The minimum absolute atomic E-state index is 0. The zero-order valence-corrected chi connectivity index (χ0v) is 4.76. The summed E-state index contributed by atoms with van der Waals surface area (Å²) in [6, 6.07) is 0. The van der Waals surface area contributed by atoms with E-state index in [4.69, 9.17) is 9.84 Å². The van der Waals surface area contributed by atoms with Crippen molar-refractivity contribution in [2.45, 2.75) is 18.9 Å². The van der Waals surface area contributed by atoms with E-state index >= 15 is 0 Å². The third-order valence-electron chi connectivity index (χ3n) is 1.23. The van der Waals surface area contributed by atoms with E-state index in [0.717, 1.165) is 19.4 Å². The van der Waals surface area contributed by atoms with E-state index in [1.54, 1.807) is 0 Å². The molecule has 0 bridgehead atoms. The molecule has 1 rings (SSSR count). The van der Waals surface area contributed by atoms with Crippen LogP contribution < -0.4 is 0 Å². The largest absolute Gasteiger partial charge is 0.412 e. The van der Waals surface area contributed by atoms with Gasteiger partial charge in [-0.3, -0.25) is 0 Å². The van der Waals surface area contributed by atoms with Gasteiger partial charge in [-0.1, -0.05) is 0 Å². The molecule has 0 amide bonds. The molecule has 0 spiro atoms. The first-order valence-electron chi connectivity index (χ1n) is 2.66. The van der Waals surface area contributed by atoms with Crippen molar-refractivity contribution < 1.29 is 15.3 Å². The summed E-state index contributed by atoms with van der Waals surface area (Å²) in [5, 5.41) is 8.44. The van der Waals surface area contributed by atoms with Crippen LogP contribution in [0.2, 0.25) is 0 Å². The molecule has 4 heteroatoms. The summed E-state index contributed by atoms with van der Waals surface area (Å²) in [5.41, 5.74) is 0. The number of hydrogen-bond donors (Lipinski definition) is 1. The van der Waals surface area contributed by atoms with Crippen LogP contribution >= 0.6 is 0 Å². The first-order valence-corrected chi connectivity index (χ1v) is 2.66. The molecule has 3 nitrogen and oxygen atoms in total. The Morgan fingerprint density at radius 2 is 2.22 bits per heavy atom. The standard InChI is InChI=1S/C5H10O2.H2O.H4Si/c6-4-5-2-1-3-7-5;;/h5-6H,1-4H2;1H2;1H4. The Labute approximate surface area is 59.4 Å². The molecular weight excluding hydrogens is 136 g/mol. The van der Waals surface area contributed by atoms with E-state index in [-0.39, 0.29) is 29.2 Å². The second-order valence-corrected chi connectivity index (χ2v) is 1.82. The molecule has 0 saturated carbocycles. The van der Waals surface area contributed by atoms with Crippen LogP contribution in [0.3, 0.4) is 0 Å². The molecule has 1 saturated heterocycles. The van der Waals surface area contributed by atoms with Crippen LogP contribution in [0.4, 0.5) is 0 Å². The summed E-state index contributed by atoms with van der Waals surface area (Å²) in [6.45, 7) is 1.03. The van der Waals surface area contributed by atoms with Crippen molar-refractivity contribution in [2.24, 2.45) is 0 Å². The fourth-order valence-electron chi connectivity index (χ4n) is 0.788. The predicted molar refractivity (Wildman–Crippen MR) is 41.0 cm³/mol. The zero-order chi connectivity index (χ0) is 5.11. The maximum absolute atomic E-state index is 8.44. The van der Waals surface area contributed by atoms with Crippen LogP contribution in [-0.4, -0.2) is 40.9 Å². The SMILES string of the molecule is O.OCC1CCCO1.[SiH4]. The van der Waals surface area contributed by atoms with Gasteiger partial charge in [-0.2, -0.15) is 0 Å². The number of aliphatic hydroxyl groups is 1. The Morgan fingerprint density at radius 1 is 1.56 bits per heavy atom. The molecule has 3 N–H and O–H groups in total. The van der Waals surface area contributed by atoms with Crippen molar-refractivity contribution in [3.05, 3.63) is 0 Å². The Bertz CT molecular complexity index is 54.2. The Hall–Kier alpha value is 0.0969. The summed E-state index contributed by atoms with van der Waals surface area (Å²) in [4.78, 5) is 0. The van der Waals surface area contributed by atoms with Gasteiger partial charge in [0, 0.05) is 6.61 Å². The second kappa shape index (κ2) is 6.22. The predicted octanol–water partition coefficient (Wildman–Crippen LogP) is -2.12. The second-order valence-electron chi connectivity index (χ2n) is 1.82. The molecule has 1 aliphatic rings. The van der Waals surface area contributed by atoms with E-state index in [2.05, 4.69) is 0 Å². The summed E-state index contributed by atoms with van der Waals surface area (Å²) < 4.78 is 5.05. The molecule has 0 radical (unpaired) electrons. The number of ether oxygens (including phenoxy) is 1. The molecule has 1 aliphatic heterocycles. The summed E-state index contributed by atoms with van der Waals surface area (Å²) in [7, 11) is 0. The smallest absolute Gasteiger partial charge is 0.0806 e. The highest BCUT2D eigenvalue weighted by molar-refractivity contribution is 5.75. The highest BCUT2D eigenvalue weighted by Crippen LogP contribution is 2.09. The van der Waals surface area contributed by atoms with Crippen molar-refractivity contribution in [1.82, 2.24) is 0 Å². The molecule has 1 heterocycles. The van der Waals surface area contributed by atoms with Gasteiger partial charge in [0.25, 0.3) is 0 Å². The van der Waals surface area contributed by atoms with E-state index < -0.39 is 0 Å². The topological polar surface area (TPSA) is 61.0 Å². The number of hydrogen-bond acceptors (Lipinski definition) is 2. The maximum atomic E-state index is 8.44. The van der Waals surface area contributed by atoms with Gasteiger partial charge < -0.3 is 15.3 Å². The lowest BCUT2D eigenvalue weighted by molar-refractivity contribution is 0.0591. The number of rotatable bonds is 1. The lowest BCUT2D eigenvalue weighted by Gasteiger charge is -2.00. The van der Waals surface area contributed by atoms with Gasteiger partial charge in [0.2, 0.25) is 0 Å². The molecule has 58 valence electrons. The fourth-order valence-corrected chi connectivity index (χ4v) is 0.788. The van der Waals surface area contributed by atoms with Gasteiger partial charge in [-0.05, 0) is 23.8 Å². The van der Waals surface area contributed by atoms with Crippen molar-refractivity contribution in [2.75, 3.05) is 13.2 Å². The van der Waals surface area contributed by atoms with Crippen LogP contribution in [0.25, 0.3) is 0 Å². The molecular formula is C5H16O3Si. The van der Waals surface area contributed by atoms with Crippen LogP contribution in [0.15, 0.2) is 0 Å². The van der Waals surface area contributed by atoms with Gasteiger partial charge in [0.1, 0.15) is 0 Å². The Balaban J connectivity index is 0. The summed E-state index contributed by atoms with van der Waals surface area (Å²) in [5.74, 6) is 0. The third kappa shape index (κ3) is 3.64. The highest BCUT2D eigenvalue weighted by Gasteiger charge is 2.12. The normalized spacial score (nSPS) is 24.3. The van der Waals surface area contributed by atoms with E-state index in [1.165, 1.54) is 0 Å². The van der Waals surface area contributed by atoms with Crippen molar-refractivity contribution >= 4 is 11.0 Å². The zero-order valence-electron chi connectivity index (χ0n) is 4.76. The van der Waals surface area contributed by atoms with Crippen LogP contribution in [-0.2, 0) is 4.74 Å². The van der Waals surface area contributed by atoms with Crippen molar-refractivity contribution in [3.63, 3.8) is 0 Å². The molecule has 0 aliphatic carbocycles. The van der Waals surface area contributed by atoms with E-state index in [1.807, 2.05) is 0 Å². The average Bonchev–Trinajstić information content (AvgIpc) is 2.14. The van der Waals surface area contributed by atoms with Crippen LogP contribution in [0.5, 0.6) is 0 Å². The monoisotopic (exact) mass is 152 g/mol. The molecule has 1 atom stereocenters. The average molecular weight is 152 g/mol. The molecule has 0 aromatic heterocycles. The Morgan fingerprint density at radius 3 is 2.44 bits per heavy atom. The lowest BCUT2D eigenvalue weighted by Crippen LogP contribution is -2.09. The highest BCUT2D eigenvalue weighted by atomic mass is 28.1. The van der Waals surface area contributed by atoms with Crippen molar-refractivity contribution in [1.29, 1.82) is 0 Å². The third-order valence-corrected chi connectivity index (χ3v) is 1.23. The number of aliphatic hydroxyl groups excluding tert-OH is 1. The molecule has 1 unspecified atom stereocenters. The lowest BCUT2D eigenvalue weighted by atomic mass is 10.2. The minimum Gasteiger partial charge on any atom is -0.412 e. The fraction of sp³-hybridized carbons (Fsp3) is 1.00. The van der Waals surface area contributed by atoms with Gasteiger partial charge >= 0.3 is 0 Å². The first-order chi connectivity index (χ1) is 3.43. The van der Waals surface area contributed by atoms with Gasteiger partial charge in [0.05, 0.1) is 12.7 Å². The van der Waals surface area contributed by atoms with Gasteiger partial charge in [-0.25, -0.2) is 0 Å². The summed E-state index contributed by atoms with van der Waals surface area (Å²) >= 11 is 0. The van der Waals surface area contributed by atoms with E-state index in [9.17, 15) is 0 Å². The van der Waals surface area contributed by atoms with E-state index in [0.29, 0.717) is 0 Å². The van der Waals surface area contributed by atoms with Crippen molar-refractivity contribution in [3.8, 4) is 0 Å². The van der Waals surface area contributed by atoms with Gasteiger partial charge in [-0.15, -0.1) is 0 Å². The maximum Gasteiger partial charge on any atom is 0.0806 e. The molecule has 1 fully saturated rings. The molecule has 0 aromatic carbocycles. The quantitative estimate of drug-likeness (QED) is 0.437. The summed E-state index contributed by atoms with van der Waals surface area (Å²) in [6.07, 6.45) is 2.31. The Kier molecular flexibility index (Phi) is 8.18. The van der Waals surface area contributed by atoms with Crippen LogP contribution in [0.1, 0.15) is 12.8 Å². The molecule has 0 aromatic rings. The van der Waals surface area contributed by atoms with Gasteiger partial charge in [0.15, 0.2) is 0 Å². The van der Waals surface area contributed by atoms with Crippen LogP contribution in [0, 0.1) is 0 Å². The minimum atomic E-state index is 0. The molecule has 9 heavy (non-hydrogen) atoms.